The number of hydrogen-bond acceptors (Lipinski definition) is 4. The Labute approximate surface area is 123 Å². The minimum atomic E-state index is -0.512. The van der Waals surface area contributed by atoms with Crippen LogP contribution in [0.15, 0.2) is 0 Å². The zero-order chi connectivity index (χ0) is 14.6. The molecule has 0 aromatic rings. The Morgan fingerprint density at radius 3 is 2.60 bits per heavy atom. The first kappa shape index (κ1) is 17.3. The van der Waals surface area contributed by atoms with Gasteiger partial charge in [-0.25, -0.2) is 4.79 Å². The number of hydrogen-bond donors (Lipinski definition) is 1. The summed E-state index contributed by atoms with van der Waals surface area (Å²) in [7, 11) is 0. The van der Waals surface area contributed by atoms with E-state index in [9.17, 15) is 4.79 Å². The van der Waals surface area contributed by atoms with Crippen LogP contribution in [0.25, 0.3) is 0 Å². The van der Waals surface area contributed by atoms with Crippen molar-refractivity contribution in [2.45, 2.75) is 90.4 Å². The average Bonchev–Trinajstić information content (AvgIpc) is 2.94. The molecule has 1 aliphatic rings. The van der Waals surface area contributed by atoms with Gasteiger partial charge in [-0.15, -0.1) is 0 Å². The fourth-order valence-corrected chi connectivity index (χ4v) is 2.53. The summed E-state index contributed by atoms with van der Waals surface area (Å²) in [5.41, 5.74) is 0. The van der Waals surface area contributed by atoms with Gasteiger partial charge in [-0.3, -0.25) is 5.32 Å². The second-order valence-electron chi connectivity index (χ2n) is 5.66. The fraction of sp³-hybridized carbons (Fsp3) is 0.938. The van der Waals surface area contributed by atoms with Crippen LogP contribution in [0, 0.1) is 0 Å². The lowest BCUT2D eigenvalue weighted by Gasteiger charge is -2.18. The van der Waals surface area contributed by atoms with Crippen molar-refractivity contribution >= 4 is 6.16 Å². The van der Waals surface area contributed by atoms with Gasteiger partial charge in [-0.05, 0) is 38.6 Å². The molecule has 0 spiro atoms. The summed E-state index contributed by atoms with van der Waals surface area (Å²) in [5.74, 6) is 0. The lowest BCUT2D eigenvalue weighted by atomic mass is 10.1. The molecule has 0 amide bonds. The van der Waals surface area contributed by atoms with Gasteiger partial charge in [0.05, 0.1) is 0 Å². The van der Waals surface area contributed by atoms with E-state index < -0.39 is 6.16 Å². The van der Waals surface area contributed by atoms with Crippen LogP contribution in [-0.2, 0) is 9.47 Å². The molecule has 0 aromatic carbocycles. The maximum Gasteiger partial charge on any atom is 0.510 e. The smallest absolute Gasteiger partial charge is 0.431 e. The molecule has 0 saturated carbocycles. The van der Waals surface area contributed by atoms with Crippen molar-refractivity contribution in [3.8, 4) is 0 Å². The summed E-state index contributed by atoms with van der Waals surface area (Å²) in [6.45, 7) is 5.21. The van der Waals surface area contributed by atoms with Crippen LogP contribution in [0.5, 0.6) is 0 Å². The highest BCUT2D eigenvalue weighted by atomic mass is 16.7. The average molecular weight is 285 g/mol. The Kier molecular flexibility index (Phi) is 9.46. The largest absolute Gasteiger partial charge is 0.510 e. The van der Waals surface area contributed by atoms with Crippen molar-refractivity contribution in [1.82, 2.24) is 5.32 Å². The van der Waals surface area contributed by atoms with Crippen LogP contribution < -0.4 is 5.32 Å². The third-order valence-corrected chi connectivity index (χ3v) is 3.85. The minimum Gasteiger partial charge on any atom is -0.431 e. The first-order chi connectivity index (χ1) is 9.76. The summed E-state index contributed by atoms with van der Waals surface area (Å²) >= 11 is 0. The first-order valence-corrected chi connectivity index (χ1v) is 8.36. The summed E-state index contributed by atoms with van der Waals surface area (Å²) in [6.07, 6.45) is 10.7. The number of unbranched alkanes of at least 4 members (excludes halogenated alkanes) is 5. The summed E-state index contributed by atoms with van der Waals surface area (Å²) in [6, 6.07) is 0. The van der Waals surface area contributed by atoms with E-state index in [0.717, 1.165) is 38.6 Å². The molecule has 0 radical (unpaired) electrons. The molecule has 1 heterocycles. The quantitative estimate of drug-likeness (QED) is 0.478. The molecule has 0 aromatic heterocycles. The van der Waals surface area contributed by atoms with E-state index in [0.29, 0.717) is 0 Å². The first-order valence-electron chi connectivity index (χ1n) is 8.36. The van der Waals surface area contributed by atoms with Gasteiger partial charge in [0.15, 0.2) is 6.23 Å². The Morgan fingerprint density at radius 2 is 1.95 bits per heavy atom. The molecule has 0 aliphatic carbocycles. The third-order valence-electron chi connectivity index (χ3n) is 3.85. The SMILES string of the molecule is CCCCCCCCC(CC)OC(=O)OC1CCCN1. The number of ether oxygens (including phenoxy) is 2. The van der Waals surface area contributed by atoms with E-state index in [2.05, 4.69) is 19.2 Å². The number of nitrogens with one attached hydrogen (secondary N) is 1. The van der Waals surface area contributed by atoms with Gasteiger partial charge in [0.2, 0.25) is 0 Å². The Morgan fingerprint density at radius 1 is 1.20 bits per heavy atom. The van der Waals surface area contributed by atoms with Crippen LogP contribution >= 0.6 is 0 Å². The van der Waals surface area contributed by atoms with Crippen LogP contribution in [-0.4, -0.2) is 25.0 Å². The second kappa shape index (κ2) is 11.0. The van der Waals surface area contributed by atoms with Gasteiger partial charge in [0.25, 0.3) is 0 Å². The predicted molar refractivity (Wildman–Crippen MR) is 80.7 cm³/mol. The standard InChI is InChI=1S/C16H31NO3/c1-3-5-6-7-8-9-11-14(4-2)19-16(18)20-15-12-10-13-17-15/h14-15,17H,3-13H2,1-2H3. The Hall–Kier alpha value is -0.770. The molecule has 4 heteroatoms. The van der Waals surface area contributed by atoms with E-state index in [1.54, 1.807) is 0 Å². The monoisotopic (exact) mass is 285 g/mol. The zero-order valence-corrected chi connectivity index (χ0v) is 13.2. The third kappa shape index (κ3) is 7.73. The van der Waals surface area contributed by atoms with E-state index in [1.165, 1.54) is 32.1 Å². The van der Waals surface area contributed by atoms with Gasteiger partial charge in [-0.1, -0.05) is 46.0 Å². The molecule has 1 rings (SSSR count). The lowest BCUT2D eigenvalue weighted by Crippen LogP contribution is -2.29. The highest BCUT2D eigenvalue weighted by Gasteiger charge is 2.21. The van der Waals surface area contributed by atoms with Crippen molar-refractivity contribution < 1.29 is 14.3 Å². The van der Waals surface area contributed by atoms with Crippen LogP contribution in [0.3, 0.4) is 0 Å². The zero-order valence-electron chi connectivity index (χ0n) is 13.2. The van der Waals surface area contributed by atoms with Crippen molar-refractivity contribution in [3.05, 3.63) is 0 Å². The molecular formula is C16H31NO3. The summed E-state index contributed by atoms with van der Waals surface area (Å²) in [5, 5.41) is 3.13. The highest BCUT2D eigenvalue weighted by Crippen LogP contribution is 2.14. The highest BCUT2D eigenvalue weighted by molar-refractivity contribution is 5.60. The number of carbonyl (C=O) groups excluding carboxylic acids is 1. The molecule has 1 N–H and O–H groups in total. The molecule has 1 fully saturated rings. The van der Waals surface area contributed by atoms with Crippen molar-refractivity contribution in [1.29, 1.82) is 0 Å². The molecular weight excluding hydrogens is 254 g/mol. The maximum absolute atomic E-state index is 11.7. The van der Waals surface area contributed by atoms with E-state index in [1.807, 2.05) is 0 Å². The van der Waals surface area contributed by atoms with Crippen molar-refractivity contribution in [3.63, 3.8) is 0 Å². The molecule has 20 heavy (non-hydrogen) atoms. The lowest BCUT2D eigenvalue weighted by molar-refractivity contribution is -0.00879. The molecule has 2 unspecified atom stereocenters. The number of carbonyl (C=O) groups is 1. The second-order valence-corrected chi connectivity index (χ2v) is 5.66. The topological polar surface area (TPSA) is 47.6 Å². The van der Waals surface area contributed by atoms with Crippen molar-refractivity contribution in [2.75, 3.05) is 6.54 Å². The van der Waals surface area contributed by atoms with Gasteiger partial charge in [0, 0.05) is 0 Å². The molecule has 0 bridgehead atoms. The van der Waals surface area contributed by atoms with E-state index in [4.69, 9.17) is 9.47 Å². The normalized spacial score (nSPS) is 19.8. The summed E-state index contributed by atoms with van der Waals surface area (Å²) in [4.78, 5) is 11.7. The maximum atomic E-state index is 11.7. The fourth-order valence-electron chi connectivity index (χ4n) is 2.53. The Bertz CT molecular complexity index is 252. The van der Waals surface area contributed by atoms with E-state index >= 15 is 0 Å². The van der Waals surface area contributed by atoms with Crippen LogP contribution in [0.4, 0.5) is 4.79 Å². The molecule has 4 nitrogen and oxygen atoms in total. The summed E-state index contributed by atoms with van der Waals surface area (Å²) < 4.78 is 10.6. The van der Waals surface area contributed by atoms with Gasteiger partial charge in [0.1, 0.15) is 6.10 Å². The van der Waals surface area contributed by atoms with Crippen LogP contribution in [0.2, 0.25) is 0 Å². The minimum absolute atomic E-state index is 0.00933. The van der Waals surface area contributed by atoms with Gasteiger partial charge >= 0.3 is 6.16 Å². The molecule has 1 aliphatic heterocycles. The van der Waals surface area contributed by atoms with Crippen molar-refractivity contribution in [2.24, 2.45) is 0 Å². The predicted octanol–water partition coefficient (Wildman–Crippen LogP) is 4.38. The van der Waals surface area contributed by atoms with E-state index in [-0.39, 0.29) is 12.3 Å². The van der Waals surface area contributed by atoms with Crippen LogP contribution in [0.1, 0.15) is 78.1 Å². The Balaban J connectivity index is 2.06. The molecule has 2 atom stereocenters. The van der Waals surface area contributed by atoms with Gasteiger partial charge < -0.3 is 9.47 Å². The van der Waals surface area contributed by atoms with Gasteiger partial charge in [-0.2, -0.15) is 0 Å². The number of rotatable bonds is 10. The molecule has 118 valence electrons. The molecule has 1 saturated heterocycles.